The second-order valence-corrected chi connectivity index (χ2v) is 19.6. The van der Waals surface area contributed by atoms with E-state index >= 15 is 0 Å². The molecule has 0 aromatic heterocycles. The van der Waals surface area contributed by atoms with E-state index in [0.29, 0.717) is 19.3 Å². The van der Waals surface area contributed by atoms with Gasteiger partial charge in [0.25, 0.3) is 0 Å². The van der Waals surface area contributed by atoms with Crippen molar-refractivity contribution >= 4 is 17.9 Å². The van der Waals surface area contributed by atoms with Gasteiger partial charge in [-0.2, -0.15) is 0 Å². The number of rotatable bonds is 53. The number of carbonyl (C=O) groups excluding carboxylic acids is 3. The van der Waals surface area contributed by atoms with E-state index in [1.54, 1.807) is 0 Å². The Hall–Kier alpha value is -3.67. The summed E-state index contributed by atoms with van der Waals surface area (Å²) in [6.07, 6.45) is 78.4. The van der Waals surface area contributed by atoms with E-state index in [2.05, 4.69) is 118 Å². The van der Waals surface area contributed by atoms with Gasteiger partial charge in [0.15, 0.2) is 6.10 Å². The molecule has 0 radical (unpaired) electrons. The molecule has 0 spiro atoms. The fourth-order valence-electron chi connectivity index (χ4n) is 8.08. The number of ether oxygens (including phenoxy) is 3. The van der Waals surface area contributed by atoms with Gasteiger partial charge in [-0.1, -0.05) is 259 Å². The summed E-state index contributed by atoms with van der Waals surface area (Å²) in [6, 6.07) is 0. The average Bonchev–Trinajstić information content (AvgIpc) is 3.37. The fourth-order valence-corrected chi connectivity index (χ4v) is 8.08. The van der Waals surface area contributed by atoms with Crippen LogP contribution < -0.4 is 0 Å². The molecule has 6 nitrogen and oxygen atoms in total. The van der Waals surface area contributed by atoms with Crippen LogP contribution in [0.3, 0.4) is 0 Å². The predicted molar refractivity (Wildman–Crippen MR) is 307 cm³/mol. The zero-order valence-corrected chi connectivity index (χ0v) is 46.5. The zero-order chi connectivity index (χ0) is 51.4. The minimum absolute atomic E-state index is 0.115. The lowest BCUT2D eigenvalue weighted by molar-refractivity contribution is -0.167. The maximum Gasteiger partial charge on any atom is 0.306 e. The topological polar surface area (TPSA) is 78.9 Å². The van der Waals surface area contributed by atoms with Crippen LogP contribution in [0.25, 0.3) is 0 Å². The summed E-state index contributed by atoms with van der Waals surface area (Å²) in [5, 5.41) is 0. The second-order valence-electron chi connectivity index (χ2n) is 19.6. The third-order valence-electron chi connectivity index (χ3n) is 12.6. The smallest absolute Gasteiger partial charge is 0.306 e. The van der Waals surface area contributed by atoms with Gasteiger partial charge in [0.1, 0.15) is 13.2 Å². The van der Waals surface area contributed by atoms with Gasteiger partial charge in [0.2, 0.25) is 0 Å². The third-order valence-corrected chi connectivity index (χ3v) is 12.6. The molecule has 0 amide bonds. The van der Waals surface area contributed by atoms with Crippen LogP contribution in [0.4, 0.5) is 0 Å². The molecule has 0 aliphatic carbocycles. The van der Waals surface area contributed by atoms with Crippen molar-refractivity contribution < 1.29 is 28.6 Å². The van der Waals surface area contributed by atoms with Crippen molar-refractivity contribution in [3.8, 4) is 0 Å². The van der Waals surface area contributed by atoms with Gasteiger partial charge in [-0.05, 0) is 96.3 Å². The van der Waals surface area contributed by atoms with E-state index in [9.17, 15) is 14.4 Å². The Kier molecular flexibility index (Phi) is 55.9. The van der Waals surface area contributed by atoms with Crippen LogP contribution in [-0.4, -0.2) is 37.2 Å². The van der Waals surface area contributed by atoms with Crippen LogP contribution in [0.1, 0.15) is 278 Å². The molecular weight excluding hydrogens is 877 g/mol. The summed E-state index contributed by atoms with van der Waals surface area (Å²) in [5.41, 5.74) is 0. The molecule has 0 bridgehead atoms. The van der Waals surface area contributed by atoms with E-state index in [1.807, 2.05) is 0 Å². The first-order chi connectivity index (χ1) is 35.0. The summed E-state index contributed by atoms with van der Waals surface area (Å²) in [7, 11) is 0. The predicted octanol–water partition coefficient (Wildman–Crippen LogP) is 20.1. The zero-order valence-electron chi connectivity index (χ0n) is 46.5. The molecule has 0 rings (SSSR count). The molecule has 0 unspecified atom stereocenters. The molecule has 406 valence electrons. The first-order valence-electron chi connectivity index (χ1n) is 29.7. The molecule has 0 saturated heterocycles. The molecule has 0 aliphatic rings. The van der Waals surface area contributed by atoms with Gasteiger partial charge in [-0.3, -0.25) is 14.4 Å². The number of allylic oxidation sites excluding steroid dienone is 16. The normalized spacial score (nSPS) is 12.8. The monoisotopic (exact) mass is 987 g/mol. The van der Waals surface area contributed by atoms with Crippen LogP contribution in [-0.2, 0) is 28.6 Å². The lowest BCUT2D eigenvalue weighted by atomic mass is 10.0. The summed E-state index contributed by atoms with van der Waals surface area (Å²) in [5.74, 6) is -1.02. The highest BCUT2D eigenvalue weighted by Crippen LogP contribution is 2.16. The number of hydrogen-bond donors (Lipinski definition) is 0. The van der Waals surface area contributed by atoms with E-state index in [-0.39, 0.29) is 44.0 Å². The summed E-state index contributed by atoms with van der Waals surface area (Å²) in [4.78, 5) is 38.2. The minimum atomic E-state index is -0.828. The summed E-state index contributed by atoms with van der Waals surface area (Å²) in [6.45, 7) is 6.51. The highest BCUT2D eigenvalue weighted by Gasteiger charge is 2.19. The average molecular weight is 988 g/mol. The van der Waals surface area contributed by atoms with E-state index in [4.69, 9.17) is 14.2 Å². The van der Waals surface area contributed by atoms with E-state index in [1.165, 1.54) is 154 Å². The first kappa shape index (κ1) is 67.3. The number of unbranched alkanes of at least 4 members (excludes halogenated alkanes) is 26. The van der Waals surface area contributed by atoms with Crippen LogP contribution in [0, 0.1) is 0 Å². The molecule has 0 aromatic carbocycles. The SMILES string of the molecule is CCCCC/C=C\C/C=C\C/C=C\C/C=C\CCCC(=O)OC[C@H](COC(=O)CCCCCCCCCCCCCCCCCCCCC)OC(=O)CCC/C=C\C/C=C\C/C=C\C/C=C\CCCCC. The Morgan fingerprint density at radius 3 is 0.845 bits per heavy atom. The molecule has 0 aromatic rings. The van der Waals surface area contributed by atoms with Crippen LogP contribution in [0.2, 0.25) is 0 Å². The second kappa shape index (κ2) is 58.9. The summed E-state index contributed by atoms with van der Waals surface area (Å²) >= 11 is 0. The van der Waals surface area contributed by atoms with Crippen molar-refractivity contribution in [1.82, 2.24) is 0 Å². The van der Waals surface area contributed by atoms with Gasteiger partial charge in [-0.15, -0.1) is 0 Å². The largest absolute Gasteiger partial charge is 0.462 e. The van der Waals surface area contributed by atoms with Gasteiger partial charge in [-0.25, -0.2) is 0 Å². The van der Waals surface area contributed by atoms with Crippen molar-refractivity contribution in [2.45, 2.75) is 284 Å². The Labute approximate surface area is 438 Å². The highest BCUT2D eigenvalue weighted by molar-refractivity contribution is 5.71. The van der Waals surface area contributed by atoms with Crippen molar-refractivity contribution in [2.75, 3.05) is 13.2 Å². The van der Waals surface area contributed by atoms with Crippen LogP contribution >= 0.6 is 0 Å². The highest BCUT2D eigenvalue weighted by atomic mass is 16.6. The van der Waals surface area contributed by atoms with Crippen LogP contribution in [0.15, 0.2) is 97.2 Å². The Bertz CT molecular complexity index is 1410. The molecule has 0 N–H and O–H groups in total. The van der Waals surface area contributed by atoms with Gasteiger partial charge in [0.05, 0.1) is 0 Å². The number of carbonyl (C=O) groups is 3. The lowest BCUT2D eigenvalue weighted by Crippen LogP contribution is -2.30. The summed E-state index contributed by atoms with van der Waals surface area (Å²) < 4.78 is 16.8. The quantitative estimate of drug-likeness (QED) is 0.0261. The molecule has 6 heteroatoms. The Morgan fingerprint density at radius 1 is 0.282 bits per heavy atom. The van der Waals surface area contributed by atoms with Crippen molar-refractivity contribution in [1.29, 1.82) is 0 Å². The molecule has 71 heavy (non-hydrogen) atoms. The van der Waals surface area contributed by atoms with Gasteiger partial charge < -0.3 is 14.2 Å². The lowest BCUT2D eigenvalue weighted by Gasteiger charge is -2.18. The van der Waals surface area contributed by atoms with E-state index < -0.39 is 6.10 Å². The Morgan fingerprint density at radius 2 is 0.521 bits per heavy atom. The standard InChI is InChI=1S/C65H110O6/c1-4-7-10-13-16-19-22-25-28-31-32-35-37-40-43-46-49-52-55-58-64(67)70-61-62(71-65(68)59-56-53-50-47-44-41-38-34-30-27-24-21-18-15-12-9-6-3)60-69-63(66)57-54-51-48-45-42-39-36-33-29-26-23-20-17-14-11-8-5-2/h17-18,20-21,26-27,29-30,36,38-39,41,45,47-48,50,62H,4-16,19,22-25,28,31-35,37,40,42-44,46,49,51-61H2,1-3H3/b20-17-,21-18-,29-26-,30-27-,39-36-,41-38-,48-45-,50-47-/t62-/m1/s1. The third kappa shape index (κ3) is 57.1. The Balaban J connectivity index is 4.52. The molecule has 0 fully saturated rings. The number of hydrogen-bond acceptors (Lipinski definition) is 6. The molecule has 0 aliphatic heterocycles. The molecular formula is C65H110O6. The number of esters is 3. The van der Waals surface area contributed by atoms with Crippen molar-refractivity contribution in [3.05, 3.63) is 97.2 Å². The van der Waals surface area contributed by atoms with Gasteiger partial charge in [0, 0.05) is 19.3 Å². The molecule has 0 heterocycles. The molecule has 1 atom stereocenters. The first-order valence-corrected chi connectivity index (χ1v) is 29.7. The van der Waals surface area contributed by atoms with Crippen molar-refractivity contribution in [3.63, 3.8) is 0 Å². The molecule has 0 saturated carbocycles. The minimum Gasteiger partial charge on any atom is -0.462 e. The van der Waals surface area contributed by atoms with Gasteiger partial charge >= 0.3 is 17.9 Å². The maximum atomic E-state index is 12.8. The van der Waals surface area contributed by atoms with Crippen molar-refractivity contribution in [2.24, 2.45) is 0 Å². The van der Waals surface area contributed by atoms with Crippen LogP contribution in [0.5, 0.6) is 0 Å². The fraction of sp³-hybridized carbons (Fsp3) is 0.708. The van der Waals surface area contributed by atoms with E-state index in [0.717, 1.165) is 70.6 Å². The maximum absolute atomic E-state index is 12.8.